The van der Waals surface area contributed by atoms with E-state index in [1.54, 1.807) is 14.1 Å². The molecular weight excluding hydrogens is 248 g/mol. The Balaban J connectivity index is 2.19. The summed E-state index contributed by atoms with van der Waals surface area (Å²) in [6.07, 6.45) is 7.63. The van der Waals surface area contributed by atoms with Crippen LogP contribution in [0, 0.1) is 5.92 Å². The molecule has 0 amide bonds. The molecule has 1 rings (SSSR count). The van der Waals surface area contributed by atoms with E-state index in [1.807, 2.05) is 0 Å². The van der Waals surface area contributed by atoms with E-state index in [0.29, 0.717) is 12.6 Å². The molecule has 108 valence electrons. The van der Waals surface area contributed by atoms with Crippen LogP contribution in [0.5, 0.6) is 0 Å². The third-order valence-corrected chi connectivity index (χ3v) is 5.73. The minimum absolute atomic E-state index is 0.203. The van der Waals surface area contributed by atoms with Crippen molar-refractivity contribution in [3.8, 4) is 0 Å². The number of nitrogens with zero attached hydrogens (tertiary/aromatic N) is 1. The Bertz CT molecular complexity index is 320. The summed E-state index contributed by atoms with van der Waals surface area (Å²) in [5.41, 5.74) is 0. The van der Waals surface area contributed by atoms with Crippen LogP contribution in [0.1, 0.15) is 45.4 Å². The molecule has 1 N–H and O–H groups in total. The van der Waals surface area contributed by atoms with Crippen LogP contribution in [0.15, 0.2) is 0 Å². The number of hydrogen-bond donors (Lipinski definition) is 1. The van der Waals surface area contributed by atoms with Crippen LogP contribution in [-0.4, -0.2) is 45.2 Å². The molecule has 0 aromatic heterocycles. The van der Waals surface area contributed by atoms with E-state index < -0.39 is 10.0 Å². The highest BCUT2D eigenvalue weighted by atomic mass is 32.2. The van der Waals surface area contributed by atoms with Gasteiger partial charge < -0.3 is 5.32 Å². The minimum Gasteiger partial charge on any atom is -0.313 e. The molecule has 0 aromatic rings. The summed E-state index contributed by atoms with van der Waals surface area (Å²) in [6.45, 7) is 2.82. The topological polar surface area (TPSA) is 49.4 Å². The molecule has 0 radical (unpaired) electrons. The monoisotopic (exact) mass is 276 g/mol. The highest BCUT2D eigenvalue weighted by Crippen LogP contribution is 2.27. The van der Waals surface area contributed by atoms with Crippen molar-refractivity contribution >= 4 is 10.0 Å². The van der Waals surface area contributed by atoms with Crippen molar-refractivity contribution in [1.82, 2.24) is 9.62 Å². The summed E-state index contributed by atoms with van der Waals surface area (Å²) in [4.78, 5) is 0. The molecule has 0 aromatic carbocycles. The Hall–Kier alpha value is -0.130. The quantitative estimate of drug-likeness (QED) is 0.772. The average molecular weight is 276 g/mol. The summed E-state index contributed by atoms with van der Waals surface area (Å²) < 4.78 is 24.5. The van der Waals surface area contributed by atoms with Gasteiger partial charge in [-0.25, -0.2) is 12.7 Å². The molecule has 1 saturated carbocycles. The van der Waals surface area contributed by atoms with Gasteiger partial charge in [-0.15, -0.1) is 0 Å². The fourth-order valence-electron chi connectivity index (χ4n) is 2.64. The highest BCUT2D eigenvalue weighted by molar-refractivity contribution is 7.89. The van der Waals surface area contributed by atoms with Crippen molar-refractivity contribution in [1.29, 1.82) is 0 Å². The Morgan fingerprint density at radius 1 is 1.17 bits per heavy atom. The molecule has 4 nitrogen and oxygen atoms in total. The van der Waals surface area contributed by atoms with Gasteiger partial charge in [0.25, 0.3) is 0 Å². The molecule has 1 fully saturated rings. The molecule has 0 atom stereocenters. The lowest BCUT2D eigenvalue weighted by molar-refractivity contribution is 0.281. The van der Waals surface area contributed by atoms with Crippen LogP contribution < -0.4 is 5.32 Å². The van der Waals surface area contributed by atoms with Crippen molar-refractivity contribution in [3.63, 3.8) is 0 Å². The summed E-state index contributed by atoms with van der Waals surface area (Å²) >= 11 is 0. The molecule has 18 heavy (non-hydrogen) atoms. The van der Waals surface area contributed by atoms with Gasteiger partial charge in [0.2, 0.25) is 10.0 Å². The first-order valence-electron chi connectivity index (χ1n) is 7.09. The van der Waals surface area contributed by atoms with Gasteiger partial charge in [-0.2, -0.15) is 0 Å². The lowest BCUT2D eigenvalue weighted by Crippen LogP contribution is -2.38. The van der Waals surface area contributed by atoms with E-state index in [2.05, 4.69) is 12.2 Å². The first kappa shape index (κ1) is 15.9. The molecule has 0 saturated heterocycles. The maximum Gasteiger partial charge on any atom is 0.214 e. The largest absolute Gasteiger partial charge is 0.313 e. The highest BCUT2D eigenvalue weighted by Gasteiger charge is 2.21. The van der Waals surface area contributed by atoms with Gasteiger partial charge in [-0.3, -0.25) is 0 Å². The molecule has 1 aliphatic carbocycles. The summed E-state index contributed by atoms with van der Waals surface area (Å²) in [6, 6.07) is 0.524. The van der Waals surface area contributed by atoms with Gasteiger partial charge in [0, 0.05) is 26.7 Å². The van der Waals surface area contributed by atoms with Crippen LogP contribution in [-0.2, 0) is 10.0 Å². The standard InChI is InChI=1S/C13H28N2O2S/c1-4-5-12-6-8-13(9-7-12)14-10-11-18(16,17)15(2)3/h12-14H,4-11H2,1-3H3. The van der Waals surface area contributed by atoms with Crippen LogP contribution in [0.2, 0.25) is 0 Å². The maximum atomic E-state index is 11.6. The third kappa shape index (κ3) is 5.24. The number of nitrogens with one attached hydrogen (secondary N) is 1. The van der Waals surface area contributed by atoms with Crippen molar-refractivity contribution in [3.05, 3.63) is 0 Å². The van der Waals surface area contributed by atoms with Gasteiger partial charge in [-0.1, -0.05) is 19.8 Å². The van der Waals surface area contributed by atoms with Crippen LogP contribution in [0.4, 0.5) is 0 Å². The van der Waals surface area contributed by atoms with Gasteiger partial charge in [0.1, 0.15) is 0 Å². The van der Waals surface area contributed by atoms with Crippen molar-refractivity contribution < 1.29 is 8.42 Å². The van der Waals surface area contributed by atoms with E-state index >= 15 is 0 Å². The molecular formula is C13H28N2O2S. The number of hydrogen-bond acceptors (Lipinski definition) is 3. The second-order valence-electron chi connectivity index (χ2n) is 5.56. The SMILES string of the molecule is CCCC1CCC(NCCS(=O)(=O)N(C)C)CC1. The van der Waals surface area contributed by atoms with E-state index in [1.165, 1.54) is 42.8 Å². The zero-order valence-electron chi connectivity index (χ0n) is 12.0. The molecule has 0 unspecified atom stereocenters. The molecule has 0 spiro atoms. The first-order valence-corrected chi connectivity index (χ1v) is 8.70. The normalized spacial score (nSPS) is 25.6. The van der Waals surface area contributed by atoms with Crippen molar-refractivity contribution in [2.75, 3.05) is 26.4 Å². The number of sulfonamides is 1. The fourth-order valence-corrected chi connectivity index (χ4v) is 3.38. The zero-order chi connectivity index (χ0) is 13.6. The molecule has 0 aliphatic heterocycles. The zero-order valence-corrected chi connectivity index (χ0v) is 12.8. The minimum atomic E-state index is -3.05. The van der Waals surface area contributed by atoms with E-state index in [4.69, 9.17) is 0 Å². The van der Waals surface area contributed by atoms with Crippen LogP contribution >= 0.6 is 0 Å². The Morgan fingerprint density at radius 2 is 1.78 bits per heavy atom. The Kier molecular flexibility index (Phi) is 6.60. The Morgan fingerprint density at radius 3 is 2.28 bits per heavy atom. The lowest BCUT2D eigenvalue weighted by Gasteiger charge is -2.29. The number of rotatable bonds is 7. The molecule has 5 heteroatoms. The Labute approximate surface area is 112 Å². The van der Waals surface area contributed by atoms with Gasteiger partial charge in [0.15, 0.2) is 0 Å². The van der Waals surface area contributed by atoms with Gasteiger partial charge in [0.05, 0.1) is 5.75 Å². The fraction of sp³-hybridized carbons (Fsp3) is 1.00. The van der Waals surface area contributed by atoms with E-state index in [0.717, 1.165) is 5.92 Å². The lowest BCUT2D eigenvalue weighted by atomic mass is 9.83. The molecule has 1 aliphatic rings. The van der Waals surface area contributed by atoms with Gasteiger partial charge >= 0.3 is 0 Å². The predicted molar refractivity (Wildman–Crippen MR) is 76.1 cm³/mol. The second kappa shape index (κ2) is 7.46. The van der Waals surface area contributed by atoms with Crippen LogP contribution in [0.3, 0.4) is 0 Å². The summed E-state index contributed by atoms with van der Waals surface area (Å²) in [5.74, 6) is 1.10. The van der Waals surface area contributed by atoms with E-state index in [9.17, 15) is 8.42 Å². The van der Waals surface area contributed by atoms with E-state index in [-0.39, 0.29) is 5.75 Å². The predicted octanol–water partition coefficient (Wildman–Crippen LogP) is 1.83. The third-order valence-electron chi connectivity index (χ3n) is 3.89. The average Bonchev–Trinajstić information content (AvgIpc) is 2.31. The first-order chi connectivity index (χ1) is 8.45. The maximum absolute atomic E-state index is 11.6. The van der Waals surface area contributed by atoms with Gasteiger partial charge in [-0.05, 0) is 31.6 Å². The molecule has 0 heterocycles. The van der Waals surface area contributed by atoms with Crippen LogP contribution in [0.25, 0.3) is 0 Å². The van der Waals surface area contributed by atoms with Crippen molar-refractivity contribution in [2.45, 2.75) is 51.5 Å². The van der Waals surface area contributed by atoms with Crippen molar-refractivity contribution in [2.24, 2.45) is 5.92 Å². The second-order valence-corrected chi connectivity index (χ2v) is 7.86. The molecule has 0 bridgehead atoms. The summed E-state index contributed by atoms with van der Waals surface area (Å²) in [5, 5.41) is 3.39. The smallest absolute Gasteiger partial charge is 0.214 e. The summed E-state index contributed by atoms with van der Waals surface area (Å²) in [7, 11) is 0.130.